The van der Waals surface area contributed by atoms with Crippen LogP contribution in [0, 0.1) is 0 Å². The topological polar surface area (TPSA) is 67.3 Å². The van der Waals surface area contributed by atoms with Crippen molar-refractivity contribution in [3.05, 3.63) is 53.5 Å². The largest absolute Gasteiger partial charge is 0.375 e. The fourth-order valence-electron chi connectivity index (χ4n) is 2.87. The van der Waals surface area contributed by atoms with Gasteiger partial charge in [0.25, 0.3) is 0 Å². The number of hydrogen-bond acceptors (Lipinski definition) is 5. The third kappa shape index (κ3) is 4.79. The van der Waals surface area contributed by atoms with Gasteiger partial charge in [-0.05, 0) is 18.4 Å². The van der Waals surface area contributed by atoms with Gasteiger partial charge < -0.3 is 15.0 Å². The van der Waals surface area contributed by atoms with E-state index < -0.39 is 0 Å². The highest BCUT2D eigenvalue weighted by Crippen LogP contribution is 2.38. The second-order valence-corrected chi connectivity index (χ2v) is 6.91. The molecule has 6 heteroatoms. The number of ether oxygens (including phenoxy) is 1. The lowest BCUT2D eigenvalue weighted by Crippen LogP contribution is -2.32. The first kappa shape index (κ1) is 18.3. The second-order valence-electron chi connectivity index (χ2n) is 6.91. The van der Waals surface area contributed by atoms with Crippen molar-refractivity contribution in [1.29, 1.82) is 0 Å². The maximum absolute atomic E-state index is 12.1. The van der Waals surface area contributed by atoms with Crippen LogP contribution in [-0.4, -0.2) is 43.7 Å². The lowest BCUT2D eigenvalue weighted by atomic mass is 10.0. The molecule has 0 radical (unpaired) electrons. The highest BCUT2D eigenvalue weighted by atomic mass is 16.5. The van der Waals surface area contributed by atoms with Crippen LogP contribution in [-0.2, 0) is 16.0 Å². The molecule has 1 N–H and O–H groups in total. The van der Waals surface area contributed by atoms with Crippen molar-refractivity contribution in [1.82, 2.24) is 15.3 Å². The predicted octanol–water partition coefficient (Wildman–Crippen LogP) is 2.47. The Balaban J connectivity index is 1.87. The van der Waals surface area contributed by atoms with Gasteiger partial charge in [0.2, 0.25) is 5.91 Å². The first-order chi connectivity index (χ1) is 12.6. The maximum Gasteiger partial charge on any atom is 0.246 e. The van der Waals surface area contributed by atoms with Gasteiger partial charge >= 0.3 is 0 Å². The third-order valence-electron chi connectivity index (χ3n) is 4.41. The van der Waals surface area contributed by atoms with E-state index in [0.29, 0.717) is 12.3 Å². The number of nitrogens with zero attached hydrogens (tertiary/aromatic N) is 3. The Bertz CT molecular complexity index is 724. The van der Waals surface area contributed by atoms with E-state index in [1.54, 1.807) is 0 Å². The van der Waals surface area contributed by atoms with Crippen LogP contribution in [0.15, 0.2) is 36.4 Å². The van der Waals surface area contributed by atoms with Crippen LogP contribution in [0.1, 0.15) is 41.9 Å². The summed E-state index contributed by atoms with van der Waals surface area (Å²) in [6.45, 7) is 0.0450. The quantitative estimate of drug-likeness (QED) is 0.789. The number of amides is 1. The average Bonchev–Trinajstić information content (AvgIpc) is 3.47. The summed E-state index contributed by atoms with van der Waals surface area (Å²) in [6.07, 6.45) is 2.93. The third-order valence-corrected chi connectivity index (χ3v) is 4.41. The van der Waals surface area contributed by atoms with E-state index in [2.05, 4.69) is 10.3 Å². The van der Waals surface area contributed by atoms with Crippen molar-refractivity contribution in [2.75, 3.05) is 32.7 Å². The number of carbonyl (C=O) groups is 1. The van der Waals surface area contributed by atoms with Crippen LogP contribution in [0.5, 0.6) is 0 Å². The molecule has 1 aromatic carbocycles. The van der Waals surface area contributed by atoms with E-state index in [1.807, 2.05) is 55.4 Å². The molecule has 1 saturated carbocycles. The zero-order valence-electron chi connectivity index (χ0n) is 15.6. The Labute approximate surface area is 154 Å². The van der Waals surface area contributed by atoms with Gasteiger partial charge in [-0.2, -0.15) is 0 Å². The average molecular weight is 354 g/mol. The SMILES string of the molecule is COCC(=O)NC(Cc1cc(N(C)C)nc(C2CC2)n1)c1ccccc1. The second kappa shape index (κ2) is 8.27. The van der Waals surface area contributed by atoms with Gasteiger partial charge in [0.1, 0.15) is 18.2 Å². The molecule has 2 aromatic rings. The van der Waals surface area contributed by atoms with Gasteiger partial charge in [0.15, 0.2) is 0 Å². The molecule has 1 atom stereocenters. The number of hydrogen-bond donors (Lipinski definition) is 1. The standard InChI is InChI=1S/C20H26N4O2/c1-24(2)18-12-16(21-20(23-18)15-9-10-15)11-17(22-19(25)13-26-3)14-7-5-4-6-8-14/h4-8,12,15,17H,9-11,13H2,1-3H3,(H,22,25). The minimum Gasteiger partial charge on any atom is -0.375 e. The zero-order chi connectivity index (χ0) is 18.5. The summed E-state index contributed by atoms with van der Waals surface area (Å²) in [6, 6.07) is 11.8. The molecule has 1 heterocycles. The Morgan fingerprint density at radius 1 is 1.27 bits per heavy atom. The van der Waals surface area contributed by atoms with E-state index in [4.69, 9.17) is 9.72 Å². The molecule has 1 aliphatic rings. The van der Waals surface area contributed by atoms with E-state index in [9.17, 15) is 4.79 Å². The molecular weight excluding hydrogens is 328 g/mol. The van der Waals surface area contributed by atoms with E-state index >= 15 is 0 Å². The van der Waals surface area contributed by atoms with Gasteiger partial charge in [-0.1, -0.05) is 30.3 Å². The lowest BCUT2D eigenvalue weighted by Gasteiger charge is -2.20. The zero-order valence-corrected chi connectivity index (χ0v) is 15.6. The normalized spacial score (nSPS) is 14.7. The molecule has 26 heavy (non-hydrogen) atoms. The summed E-state index contributed by atoms with van der Waals surface area (Å²) < 4.78 is 4.96. The van der Waals surface area contributed by atoms with Crippen LogP contribution in [0.4, 0.5) is 5.82 Å². The van der Waals surface area contributed by atoms with Crippen LogP contribution in [0.3, 0.4) is 0 Å². The minimum atomic E-state index is -0.157. The minimum absolute atomic E-state index is 0.0450. The van der Waals surface area contributed by atoms with Crippen molar-refractivity contribution in [2.45, 2.75) is 31.2 Å². The summed E-state index contributed by atoms with van der Waals surface area (Å²) in [4.78, 5) is 23.5. The molecular formula is C20H26N4O2. The number of nitrogens with one attached hydrogen (secondary N) is 1. The fraction of sp³-hybridized carbons (Fsp3) is 0.450. The summed E-state index contributed by atoms with van der Waals surface area (Å²) in [5.74, 6) is 2.17. The van der Waals surface area contributed by atoms with Gasteiger partial charge in [0, 0.05) is 45.3 Å². The van der Waals surface area contributed by atoms with Crippen LogP contribution in [0.25, 0.3) is 0 Å². The molecule has 1 amide bonds. The van der Waals surface area contributed by atoms with Crippen LogP contribution < -0.4 is 10.2 Å². The molecule has 1 aromatic heterocycles. The summed E-state index contributed by atoms with van der Waals surface area (Å²) in [7, 11) is 5.49. The number of aromatic nitrogens is 2. The molecule has 1 unspecified atom stereocenters. The Hall–Kier alpha value is -2.47. The van der Waals surface area contributed by atoms with E-state index in [1.165, 1.54) is 7.11 Å². The first-order valence-electron chi connectivity index (χ1n) is 8.95. The molecule has 6 nitrogen and oxygen atoms in total. The summed E-state index contributed by atoms with van der Waals surface area (Å²) in [5.41, 5.74) is 1.99. The molecule has 138 valence electrons. The fourth-order valence-corrected chi connectivity index (χ4v) is 2.87. The number of rotatable bonds is 8. The first-order valence-corrected chi connectivity index (χ1v) is 8.95. The summed E-state index contributed by atoms with van der Waals surface area (Å²) in [5, 5.41) is 3.06. The Morgan fingerprint density at radius 2 is 2.00 bits per heavy atom. The molecule has 1 fully saturated rings. The number of anilines is 1. The van der Waals surface area contributed by atoms with Crippen molar-refractivity contribution < 1.29 is 9.53 Å². The van der Waals surface area contributed by atoms with Gasteiger partial charge in [-0.15, -0.1) is 0 Å². The maximum atomic E-state index is 12.1. The molecule has 0 aliphatic heterocycles. The van der Waals surface area contributed by atoms with Crippen molar-refractivity contribution >= 4 is 11.7 Å². The smallest absolute Gasteiger partial charge is 0.246 e. The molecule has 0 bridgehead atoms. The molecule has 1 aliphatic carbocycles. The van der Waals surface area contributed by atoms with Crippen molar-refractivity contribution in [3.8, 4) is 0 Å². The molecule has 3 rings (SSSR count). The Kier molecular flexibility index (Phi) is 5.83. The van der Waals surface area contributed by atoms with Crippen molar-refractivity contribution in [2.24, 2.45) is 0 Å². The predicted molar refractivity (Wildman–Crippen MR) is 101 cm³/mol. The molecule has 0 spiro atoms. The van der Waals surface area contributed by atoms with E-state index in [0.717, 1.165) is 35.7 Å². The van der Waals surface area contributed by atoms with Gasteiger partial charge in [-0.3, -0.25) is 4.79 Å². The highest BCUT2D eigenvalue weighted by molar-refractivity contribution is 5.77. The molecule has 0 saturated heterocycles. The van der Waals surface area contributed by atoms with Crippen LogP contribution >= 0.6 is 0 Å². The van der Waals surface area contributed by atoms with Gasteiger partial charge in [0.05, 0.1) is 6.04 Å². The van der Waals surface area contributed by atoms with Gasteiger partial charge in [-0.25, -0.2) is 9.97 Å². The highest BCUT2D eigenvalue weighted by Gasteiger charge is 2.28. The number of benzene rings is 1. The number of carbonyl (C=O) groups excluding carboxylic acids is 1. The lowest BCUT2D eigenvalue weighted by molar-refractivity contribution is -0.125. The van der Waals surface area contributed by atoms with E-state index in [-0.39, 0.29) is 18.6 Å². The van der Waals surface area contributed by atoms with Crippen molar-refractivity contribution in [3.63, 3.8) is 0 Å². The number of methoxy groups -OCH3 is 1. The summed E-state index contributed by atoms with van der Waals surface area (Å²) >= 11 is 0. The monoisotopic (exact) mass is 354 g/mol. The Morgan fingerprint density at radius 3 is 2.62 bits per heavy atom. The van der Waals surface area contributed by atoms with Crippen LogP contribution in [0.2, 0.25) is 0 Å².